The number of hydrogen-bond donors (Lipinski definition) is 1. The highest BCUT2D eigenvalue weighted by molar-refractivity contribution is 7.87. The largest absolute Gasteiger partial charge is 0.461 e. The molecule has 2 N–H and O–H groups in total. The van der Waals surface area contributed by atoms with Crippen LogP contribution in [0.25, 0.3) is 0 Å². The Morgan fingerprint density at radius 1 is 0.921 bits per heavy atom. The predicted molar refractivity (Wildman–Crippen MR) is 143 cm³/mol. The molecule has 38 heavy (non-hydrogen) atoms. The van der Waals surface area contributed by atoms with Crippen LogP contribution < -0.4 is 9.92 Å². The molecule has 0 saturated carbocycles. The second-order valence-electron chi connectivity index (χ2n) is 9.94. The van der Waals surface area contributed by atoms with E-state index in [9.17, 15) is 18.0 Å². The highest BCUT2D eigenvalue weighted by Crippen LogP contribution is 2.29. The van der Waals surface area contributed by atoms with Crippen LogP contribution >= 0.6 is 0 Å². The zero-order valence-electron chi connectivity index (χ0n) is 21.9. The molecule has 0 amide bonds. The van der Waals surface area contributed by atoms with Crippen LogP contribution in [0.4, 0.5) is 0 Å². The second kappa shape index (κ2) is 12.2. The number of ether oxygens (including phenoxy) is 2. The van der Waals surface area contributed by atoms with Crippen LogP contribution in [-0.2, 0) is 35.8 Å². The van der Waals surface area contributed by atoms with E-state index in [0.29, 0.717) is 5.56 Å². The van der Waals surface area contributed by atoms with Crippen LogP contribution in [0.2, 0.25) is 0 Å². The molecule has 0 aliphatic rings. The van der Waals surface area contributed by atoms with Crippen LogP contribution in [0.5, 0.6) is 5.75 Å². The number of aryl methyl sites for hydroxylation is 1. The quantitative estimate of drug-likeness (QED) is 0.292. The maximum absolute atomic E-state index is 12.8. The fourth-order valence-electron chi connectivity index (χ4n) is 3.64. The van der Waals surface area contributed by atoms with Crippen LogP contribution in [0, 0.1) is 6.92 Å². The Balaban J connectivity index is 1.85. The molecule has 3 aromatic carbocycles. The van der Waals surface area contributed by atoms with Gasteiger partial charge in [-0.1, -0.05) is 60.2 Å². The summed E-state index contributed by atoms with van der Waals surface area (Å²) in [6.45, 7) is 7.05. The Kier molecular flexibility index (Phi) is 9.30. The number of carbonyl (C=O) groups is 2. The molecule has 9 heteroatoms. The fraction of sp³-hybridized carbons (Fsp3) is 0.310. The normalized spacial score (nSPS) is 13.3. The van der Waals surface area contributed by atoms with Crippen molar-refractivity contribution in [1.82, 2.24) is 0 Å². The smallest absolute Gasteiger partial charge is 0.339 e. The Labute approximate surface area is 223 Å². The summed E-state index contributed by atoms with van der Waals surface area (Å²) in [5.74, 6) is -2.12. The number of benzene rings is 3. The molecule has 3 aromatic rings. The summed E-state index contributed by atoms with van der Waals surface area (Å²) in [6.07, 6.45) is -0.235. The maximum Gasteiger partial charge on any atom is 0.339 e. The van der Waals surface area contributed by atoms with Gasteiger partial charge >= 0.3 is 22.1 Å². The van der Waals surface area contributed by atoms with Crippen LogP contribution in [0.3, 0.4) is 0 Å². The average molecular weight is 540 g/mol. The molecule has 0 spiro atoms. The zero-order chi connectivity index (χ0) is 27.9. The Bertz CT molecular complexity index is 1350. The van der Waals surface area contributed by atoms with Gasteiger partial charge in [-0.15, -0.1) is 0 Å². The number of carbonyl (C=O) groups excluding carboxylic acids is 2. The maximum atomic E-state index is 12.8. The van der Waals surface area contributed by atoms with Gasteiger partial charge in [0.05, 0.1) is 6.42 Å². The van der Waals surface area contributed by atoms with E-state index in [-0.39, 0.29) is 23.7 Å². The molecule has 202 valence electrons. The van der Waals surface area contributed by atoms with E-state index in [4.69, 9.17) is 19.4 Å². The third-order valence-corrected chi connectivity index (χ3v) is 6.80. The number of nitrogens with two attached hydrogens (primary N) is 1. The number of esters is 2. The van der Waals surface area contributed by atoms with Crippen molar-refractivity contribution in [2.75, 3.05) is 0 Å². The fourth-order valence-corrected chi connectivity index (χ4v) is 4.56. The minimum Gasteiger partial charge on any atom is -0.461 e. The first-order valence-electron chi connectivity index (χ1n) is 12.1. The molecular formula is C29H33NO7S. The first-order chi connectivity index (χ1) is 17.8. The van der Waals surface area contributed by atoms with Crippen LogP contribution in [0.1, 0.15) is 49.8 Å². The predicted octanol–water partition coefficient (Wildman–Crippen LogP) is 4.65. The summed E-state index contributed by atoms with van der Waals surface area (Å²) < 4.78 is 41.8. The lowest BCUT2D eigenvalue weighted by molar-refractivity contribution is -0.157. The summed E-state index contributed by atoms with van der Waals surface area (Å²) >= 11 is 0. The molecule has 2 unspecified atom stereocenters. The van der Waals surface area contributed by atoms with Crippen molar-refractivity contribution >= 4 is 22.1 Å². The van der Waals surface area contributed by atoms with E-state index in [1.54, 1.807) is 45.0 Å². The molecule has 0 aliphatic heterocycles. The van der Waals surface area contributed by atoms with Crippen molar-refractivity contribution in [3.63, 3.8) is 0 Å². The number of rotatable bonds is 10. The lowest BCUT2D eigenvalue weighted by atomic mass is 9.88. The average Bonchev–Trinajstić information content (AvgIpc) is 2.85. The molecule has 3 rings (SSSR count). The molecule has 2 atom stereocenters. The molecule has 0 radical (unpaired) electrons. The molecule has 0 bridgehead atoms. The van der Waals surface area contributed by atoms with Gasteiger partial charge in [-0.05, 0) is 63.1 Å². The van der Waals surface area contributed by atoms with E-state index >= 15 is 0 Å². The Morgan fingerprint density at radius 3 is 2.21 bits per heavy atom. The van der Waals surface area contributed by atoms with Crippen molar-refractivity contribution in [2.45, 2.75) is 63.2 Å². The first kappa shape index (κ1) is 28.9. The van der Waals surface area contributed by atoms with Gasteiger partial charge in [-0.25, -0.2) is 0 Å². The molecule has 0 heterocycles. The van der Waals surface area contributed by atoms with Crippen molar-refractivity contribution < 1.29 is 31.7 Å². The Hall–Kier alpha value is -3.69. The third-order valence-electron chi connectivity index (χ3n) is 5.54. The van der Waals surface area contributed by atoms with Gasteiger partial charge in [0.15, 0.2) is 0 Å². The molecule has 0 aromatic heterocycles. The topological polar surface area (TPSA) is 122 Å². The van der Waals surface area contributed by atoms with Crippen LogP contribution in [-0.4, -0.2) is 32.0 Å². The molecule has 0 saturated heterocycles. The summed E-state index contributed by atoms with van der Waals surface area (Å²) in [6, 6.07) is 20.3. The summed E-state index contributed by atoms with van der Waals surface area (Å²) in [5, 5.41) is 0. The molecule has 0 fully saturated rings. The molecule has 0 aliphatic carbocycles. The van der Waals surface area contributed by atoms with Crippen molar-refractivity contribution in [1.29, 1.82) is 0 Å². The van der Waals surface area contributed by atoms with E-state index in [1.165, 1.54) is 24.3 Å². The van der Waals surface area contributed by atoms with E-state index in [1.807, 2.05) is 37.3 Å². The van der Waals surface area contributed by atoms with Gasteiger partial charge in [0, 0.05) is 5.92 Å². The van der Waals surface area contributed by atoms with Gasteiger partial charge < -0.3 is 19.4 Å². The standard InChI is InChI=1S/C29H33NO7S/c1-20-13-15-24(16-14-20)38(33,34)37-23-12-8-11-22(17-23)25(27(30)28(32)36-29(2,3)4)18-26(31)35-19-21-9-6-5-7-10-21/h5-17,25,27H,18-19,30H2,1-4H3. The lowest BCUT2D eigenvalue weighted by Crippen LogP contribution is -2.42. The summed E-state index contributed by atoms with van der Waals surface area (Å²) in [4.78, 5) is 25.6. The highest BCUT2D eigenvalue weighted by atomic mass is 32.2. The van der Waals surface area contributed by atoms with Gasteiger partial charge in [0.25, 0.3) is 0 Å². The van der Waals surface area contributed by atoms with Crippen LogP contribution in [0.15, 0.2) is 83.8 Å². The molecular weight excluding hydrogens is 506 g/mol. The van der Waals surface area contributed by atoms with Gasteiger partial charge in [-0.2, -0.15) is 8.42 Å². The van der Waals surface area contributed by atoms with Crippen molar-refractivity contribution in [2.24, 2.45) is 5.73 Å². The summed E-state index contributed by atoms with van der Waals surface area (Å²) in [5.41, 5.74) is 7.65. The van der Waals surface area contributed by atoms with Crippen molar-refractivity contribution in [3.05, 3.63) is 95.6 Å². The Morgan fingerprint density at radius 2 is 1.58 bits per heavy atom. The second-order valence-corrected chi connectivity index (χ2v) is 11.5. The summed E-state index contributed by atoms with van der Waals surface area (Å²) in [7, 11) is -4.11. The molecule has 8 nitrogen and oxygen atoms in total. The number of hydrogen-bond acceptors (Lipinski definition) is 8. The van der Waals surface area contributed by atoms with Gasteiger partial charge in [-0.3, -0.25) is 9.59 Å². The monoisotopic (exact) mass is 539 g/mol. The van der Waals surface area contributed by atoms with E-state index < -0.39 is 39.6 Å². The first-order valence-corrected chi connectivity index (χ1v) is 13.5. The van der Waals surface area contributed by atoms with Crippen molar-refractivity contribution in [3.8, 4) is 5.75 Å². The van der Waals surface area contributed by atoms with E-state index in [0.717, 1.165) is 11.1 Å². The zero-order valence-corrected chi connectivity index (χ0v) is 22.7. The minimum absolute atomic E-state index is 0.000000763. The third kappa shape index (κ3) is 8.43. The van der Waals surface area contributed by atoms with E-state index in [2.05, 4.69) is 0 Å². The SMILES string of the molecule is Cc1ccc(S(=O)(=O)Oc2cccc(C(CC(=O)OCc3ccccc3)C(N)C(=O)OC(C)(C)C)c2)cc1. The minimum atomic E-state index is -4.11. The van der Waals surface area contributed by atoms with Gasteiger partial charge in [0.1, 0.15) is 28.9 Å². The highest BCUT2D eigenvalue weighted by Gasteiger charge is 2.33. The van der Waals surface area contributed by atoms with Gasteiger partial charge in [0.2, 0.25) is 0 Å². The lowest BCUT2D eigenvalue weighted by Gasteiger charge is -2.27.